The summed E-state index contributed by atoms with van der Waals surface area (Å²) in [5.74, 6) is 0. The molecule has 0 N–H and O–H groups in total. The van der Waals surface area contributed by atoms with E-state index in [-0.39, 0.29) is 66.4 Å². The van der Waals surface area contributed by atoms with E-state index in [0.717, 1.165) is 0 Å². The molecule has 0 aromatic carbocycles. The third kappa shape index (κ3) is 18.7. The molecular weight excluding hydrogens is 115 g/mol. The fourth-order valence-corrected chi connectivity index (χ4v) is 1.06. The van der Waals surface area contributed by atoms with Crippen molar-refractivity contribution < 1.29 is 58.0 Å². The van der Waals surface area contributed by atoms with Gasteiger partial charge in [-0.1, -0.05) is 29.2 Å². The van der Waals surface area contributed by atoms with Crippen LogP contribution in [0.15, 0.2) is 0 Å². The summed E-state index contributed by atoms with van der Waals surface area (Å²) in [5, 5.41) is 0. The molecule has 0 rings (SSSR count). The molecule has 0 spiro atoms. The maximum absolute atomic E-state index is 2.30. The third-order valence-corrected chi connectivity index (χ3v) is 2.12. The van der Waals surface area contributed by atoms with E-state index in [1.165, 1.54) is 19.0 Å². The summed E-state index contributed by atoms with van der Waals surface area (Å²) in [6, 6.07) is 0. The second-order valence-corrected chi connectivity index (χ2v) is 2.56. The second kappa shape index (κ2) is 22.7. The minimum absolute atomic E-state index is 0. The van der Waals surface area contributed by atoms with Crippen molar-refractivity contribution in [3.63, 3.8) is 0 Å². The van der Waals surface area contributed by atoms with Crippen LogP contribution in [-0.4, -0.2) is 15.1 Å². The van der Waals surface area contributed by atoms with E-state index in [1.807, 2.05) is 0 Å². The van der Waals surface area contributed by atoms with Crippen molar-refractivity contribution in [2.45, 2.75) is 39.7 Å². The van der Waals surface area contributed by atoms with E-state index < -0.39 is 0 Å². The minimum Gasteiger partial charge on any atom is -1.00 e. The van der Waals surface area contributed by atoms with Crippen molar-refractivity contribution in [2.24, 2.45) is 0 Å². The van der Waals surface area contributed by atoms with Crippen molar-refractivity contribution >= 4 is 15.1 Å². The number of rotatable bonds is 3. The molecule has 0 bridgehead atoms. The largest absolute Gasteiger partial charge is 1.00 e. The summed E-state index contributed by atoms with van der Waals surface area (Å²) >= 11 is 0. The van der Waals surface area contributed by atoms with Crippen LogP contribution in [0.3, 0.4) is 0 Å². The summed E-state index contributed by atoms with van der Waals surface area (Å²) in [7, 11) is 0. The first-order valence-electron chi connectivity index (χ1n) is 3.62. The second-order valence-electron chi connectivity index (χ2n) is 2.56. The number of hydrogen-bond acceptors (Lipinski definition) is 0. The SMILES string of the molecule is CC[BH-](CC)CC.[BH4-].[H-].[Li+].[Li+].[Li+]. The summed E-state index contributed by atoms with van der Waals surface area (Å²) in [5.41, 5.74) is 0. The van der Waals surface area contributed by atoms with Crippen molar-refractivity contribution in [2.75, 3.05) is 0 Å². The van der Waals surface area contributed by atoms with Gasteiger partial charge in [0.25, 0.3) is 0 Å². The van der Waals surface area contributed by atoms with Crippen LogP contribution < -0.4 is 56.6 Å². The van der Waals surface area contributed by atoms with Gasteiger partial charge in [-0.25, -0.2) is 0 Å². The fourth-order valence-electron chi connectivity index (χ4n) is 1.06. The zero-order valence-electron chi connectivity index (χ0n) is 9.83. The van der Waals surface area contributed by atoms with Crippen LogP contribution in [0.5, 0.6) is 0 Å². The van der Waals surface area contributed by atoms with Crippen molar-refractivity contribution in [1.29, 1.82) is 0 Å². The first-order valence-corrected chi connectivity index (χ1v) is 3.62. The van der Waals surface area contributed by atoms with E-state index in [0.29, 0.717) is 6.71 Å². The maximum Gasteiger partial charge on any atom is 1.00 e. The van der Waals surface area contributed by atoms with Crippen LogP contribution in [0, 0.1) is 0 Å². The Balaban J connectivity index is -0.0000000180. The Kier molecular flexibility index (Phi) is 60.3. The standard InChI is InChI=1S/C6H16B.BH4.3Li.H/c1-4-7(5-2)6-3;;;;;/h7H,4-6H2,1-3H3;1H4;;;;/q2*-1;3*+1;-1. The predicted octanol–water partition coefficient (Wildman–Crippen LogP) is -8.05. The van der Waals surface area contributed by atoms with Gasteiger partial charge in [0.05, 0.1) is 0 Å². The summed E-state index contributed by atoms with van der Waals surface area (Å²) in [6.45, 7) is 7.19. The smallest absolute Gasteiger partial charge is 1.00 e. The van der Waals surface area contributed by atoms with E-state index >= 15 is 0 Å². The first kappa shape index (κ1) is 29.3. The first-order chi connectivity index (χ1) is 3.35. The van der Waals surface area contributed by atoms with Crippen LogP contribution in [-0.2, 0) is 0 Å². The van der Waals surface area contributed by atoms with E-state index in [4.69, 9.17) is 0 Å². The molecule has 0 nitrogen and oxygen atoms in total. The molecule has 0 saturated heterocycles. The average molecular weight is 136 g/mol. The van der Waals surface area contributed by atoms with Crippen LogP contribution in [0.2, 0.25) is 19.0 Å². The summed E-state index contributed by atoms with van der Waals surface area (Å²) in [6.07, 6.45) is 4.31. The quantitative estimate of drug-likeness (QED) is 0.338. The zero-order valence-corrected chi connectivity index (χ0v) is 8.83. The van der Waals surface area contributed by atoms with Gasteiger partial charge in [-0.3, -0.25) is 0 Å². The van der Waals surface area contributed by atoms with E-state index in [2.05, 4.69) is 20.8 Å². The molecule has 0 saturated carbocycles. The van der Waals surface area contributed by atoms with Gasteiger partial charge >= 0.3 is 56.6 Å². The predicted molar refractivity (Wildman–Crippen MR) is 51.0 cm³/mol. The Morgan fingerprint density at radius 2 is 1.00 bits per heavy atom. The van der Waals surface area contributed by atoms with Gasteiger partial charge in [-0.05, 0) is 6.71 Å². The Hall–Kier alpha value is 1.92. The van der Waals surface area contributed by atoms with Gasteiger partial charge in [0.2, 0.25) is 0 Å². The Morgan fingerprint density at radius 1 is 0.818 bits per heavy atom. The molecule has 0 aliphatic heterocycles. The van der Waals surface area contributed by atoms with Gasteiger partial charge in [0.15, 0.2) is 0 Å². The van der Waals surface area contributed by atoms with Crippen LogP contribution in [0.4, 0.5) is 0 Å². The molecule has 0 unspecified atom stereocenters. The Morgan fingerprint density at radius 3 is 1.00 bits per heavy atom. The Labute approximate surface area is 112 Å². The van der Waals surface area contributed by atoms with Gasteiger partial charge in [0, 0.05) is 0 Å². The van der Waals surface area contributed by atoms with Gasteiger partial charge in [-0.15, -0.1) is 0 Å². The molecule has 0 fully saturated rings. The van der Waals surface area contributed by atoms with Crippen LogP contribution in [0.25, 0.3) is 0 Å². The van der Waals surface area contributed by atoms with E-state index in [9.17, 15) is 0 Å². The van der Waals surface area contributed by atoms with Crippen molar-refractivity contribution in [3.05, 3.63) is 0 Å². The van der Waals surface area contributed by atoms with Gasteiger partial charge in [-0.2, -0.15) is 19.0 Å². The molecule has 0 atom stereocenters. The van der Waals surface area contributed by atoms with Gasteiger partial charge < -0.3 is 1.43 Å². The number of hydrogen-bond donors (Lipinski definition) is 0. The Bertz CT molecular complexity index is 42.3. The molecule has 0 radical (unpaired) electrons. The molecule has 0 aromatic heterocycles. The zero-order chi connectivity index (χ0) is 5.70. The molecule has 54 valence electrons. The maximum atomic E-state index is 2.30. The van der Waals surface area contributed by atoms with E-state index in [1.54, 1.807) is 0 Å². The van der Waals surface area contributed by atoms with Gasteiger partial charge in [0.1, 0.15) is 0 Å². The van der Waals surface area contributed by atoms with Crippen LogP contribution in [0.1, 0.15) is 22.2 Å². The summed E-state index contributed by atoms with van der Waals surface area (Å²) < 4.78 is 0. The molecule has 0 aromatic rings. The summed E-state index contributed by atoms with van der Waals surface area (Å²) in [4.78, 5) is 0. The monoisotopic (exact) mass is 136 g/mol. The average Bonchev–Trinajstić information content (AvgIpc) is 1.72. The molecule has 5 heteroatoms. The third-order valence-electron chi connectivity index (χ3n) is 2.12. The van der Waals surface area contributed by atoms with Crippen LogP contribution >= 0.6 is 0 Å². The molecular formula is C6H21B2Li3. The molecule has 11 heavy (non-hydrogen) atoms. The van der Waals surface area contributed by atoms with Crippen molar-refractivity contribution in [3.8, 4) is 0 Å². The van der Waals surface area contributed by atoms with Crippen molar-refractivity contribution in [1.82, 2.24) is 0 Å². The molecule has 0 aliphatic carbocycles. The molecule has 0 aliphatic rings. The molecule has 0 amide bonds. The topological polar surface area (TPSA) is 0 Å². The fraction of sp³-hybridized carbons (Fsp3) is 1.00. The minimum atomic E-state index is 0. The molecule has 0 heterocycles. The normalized spacial score (nSPS) is 6.55.